The zero-order valence-corrected chi connectivity index (χ0v) is 12.5. The van der Waals surface area contributed by atoms with E-state index in [4.69, 9.17) is 10.5 Å². The highest BCUT2D eigenvalue weighted by molar-refractivity contribution is 5.80. The van der Waals surface area contributed by atoms with Crippen molar-refractivity contribution in [2.24, 2.45) is 5.73 Å². The van der Waals surface area contributed by atoms with Crippen molar-refractivity contribution in [1.82, 2.24) is 4.90 Å². The second-order valence-corrected chi connectivity index (χ2v) is 6.30. The van der Waals surface area contributed by atoms with Gasteiger partial charge in [0.1, 0.15) is 5.54 Å². The third-order valence-corrected chi connectivity index (χ3v) is 3.96. The predicted octanol–water partition coefficient (Wildman–Crippen LogP) is 1.92. The highest BCUT2D eigenvalue weighted by atomic mass is 16.5. The number of nitrogens with zero attached hydrogens (tertiary/aromatic N) is 1. The van der Waals surface area contributed by atoms with Gasteiger partial charge < -0.3 is 10.5 Å². The van der Waals surface area contributed by atoms with Crippen LogP contribution in [0.25, 0.3) is 0 Å². The van der Waals surface area contributed by atoms with Gasteiger partial charge in [-0.2, -0.15) is 0 Å². The molecular formula is C14H28N2O2. The minimum atomic E-state index is -0.895. The van der Waals surface area contributed by atoms with Crippen LogP contribution in [0.1, 0.15) is 53.9 Å². The Morgan fingerprint density at radius 3 is 2.61 bits per heavy atom. The molecule has 0 aliphatic carbocycles. The Hall–Kier alpha value is -0.610. The second-order valence-electron chi connectivity index (χ2n) is 6.30. The van der Waals surface area contributed by atoms with Gasteiger partial charge in [0.25, 0.3) is 0 Å². The maximum atomic E-state index is 11.8. The van der Waals surface area contributed by atoms with Crippen LogP contribution in [0.3, 0.4) is 0 Å². The van der Waals surface area contributed by atoms with Gasteiger partial charge >= 0.3 is 5.97 Å². The fraction of sp³-hybridized carbons (Fsp3) is 0.929. The lowest BCUT2D eigenvalue weighted by Crippen LogP contribution is -2.53. The topological polar surface area (TPSA) is 55.6 Å². The SMILES string of the molecule is CCOC(=O)C(C)(N)CC(C)N1CCCC1(C)C. The van der Waals surface area contributed by atoms with Gasteiger partial charge in [-0.25, -0.2) is 0 Å². The molecule has 1 heterocycles. The van der Waals surface area contributed by atoms with Gasteiger partial charge in [0.05, 0.1) is 6.61 Å². The Kier molecular flexibility index (Phi) is 4.78. The smallest absolute Gasteiger partial charge is 0.325 e. The van der Waals surface area contributed by atoms with E-state index >= 15 is 0 Å². The molecule has 1 aliphatic rings. The molecule has 0 radical (unpaired) electrons. The Bertz CT molecular complexity index is 300. The van der Waals surface area contributed by atoms with Crippen molar-refractivity contribution in [3.05, 3.63) is 0 Å². The Balaban J connectivity index is 2.63. The highest BCUT2D eigenvalue weighted by Crippen LogP contribution is 2.32. The summed E-state index contributed by atoms with van der Waals surface area (Å²) in [6, 6.07) is 0.293. The first kappa shape index (κ1) is 15.4. The maximum absolute atomic E-state index is 11.8. The normalized spacial score (nSPS) is 24.6. The van der Waals surface area contributed by atoms with Gasteiger partial charge in [0.15, 0.2) is 0 Å². The van der Waals surface area contributed by atoms with Crippen molar-refractivity contribution in [3.8, 4) is 0 Å². The number of nitrogens with two attached hydrogens (primary N) is 1. The van der Waals surface area contributed by atoms with Gasteiger partial charge in [0, 0.05) is 11.6 Å². The lowest BCUT2D eigenvalue weighted by atomic mass is 9.92. The first-order valence-corrected chi connectivity index (χ1v) is 6.93. The molecule has 2 unspecified atom stereocenters. The molecule has 4 heteroatoms. The van der Waals surface area contributed by atoms with Gasteiger partial charge in [-0.1, -0.05) is 0 Å². The van der Waals surface area contributed by atoms with Crippen molar-refractivity contribution in [2.75, 3.05) is 13.2 Å². The molecular weight excluding hydrogens is 228 g/mol. The van der Waals surface area contributed by atoms with Crippen LogP contribution >= 0.6 is 0 Å². The van der Waals surface area contributed by atoms with Gasteiger partial charge in [0.2, 0.25) is 0 Å². The summed E-state index contributed by atoms with van der Waals surface area (Å²) in [5.41, 5.74) is 5.42. The van der Waals surface area contributed by atoms with Crippen LogP contribution in [-0.4, -0.2) is 41.1 Å². The van der Waals surface area contributed by atoms with E-state index in [1.807, 2.05) is 0 Å². The average molecular weight is 256 g/mol. The van der Waals surface area contributed by atoms with E-state index in [0.29, 0.717) is 19.1 Å². The lowest BCUT2D eigenvalue weighted by Gasteiger charge is -2.39. The van der Waals surface area contributed by atoms with Gasteiger partial charge in [-0.15, -0.1) is 0 Å². The van der Waals surface area contributed by atoms with Crippen molar-refractivity contribution in [1.29, 1.82) is 0 Å². The zero-order chi connectivity index (χ0) is 14.0. The Labute approximate surface area is 111 Å². The van der Waals surface area contributed by atoms with Crippen LogP contribution in [0.15, 0.2) is 0 Å². The highest BCUT2D eigenvalue weighted by Gasteiger charge is 2.39. The minimum absolute atomic E-state index is 0.212. The molecule has 0 aromatic rings. The van der Waals surface area contributed by atoms with E-state index < -0.39 is 5.54 Å². The molecule has 18 heavy (non-hydrogen) atoms. The van der Waals surface area contributed by atoms with Crippen molar-refractivity contribution in [3.63, 3.8) is 0 Å². The first-order valence-electron chi connectivity index (χ1n) is 6.93. The molecule has 106 valence electrons. The third-order valence-electron chi connectivity index (χ3n) is 3.96. The van der Waals surface area contributed by atoms with Crippen molar-refractivity contribution < 1.29 is 9.53 Å². The van der Waals surface area contributed by atoms with Crippen LogP contribution in [0.4, 0.5) is 0 Å². The maximum Gasteiger partial charge on any atom is 0.325 e. The zero-order valence-electron chi connectivity index (χ0n) is 12.5. The van der Waals surface area contributed by atoms with Crippen LogP contribution in [0.5, 0.6) is 0 Å². The molecule has 0 spiro atoms. The number of esters is 1. The molecule has 1 saturated heterocycles. The number of ether oxygens (including phenoxy) is 1. The molecule has 2 atom stereocenters. The summed E-state index contributed by atoms with van der Waals surface area (Å²) >= 11 is 0. The van der Waals surface area contributed by atoms with E-state index in [-0.39, 0.29) is 11.5 Å². The fourth-order valence-corrected chi connectivity index (χ4v) is 3.05. The monoisotopic (exact) mass is 256 g/mol. The summed E-state index contributed by atoms with van der Waals surface area (Å²) < 4.78 is 5.04. The summed E-state index contributed by atoms with van der Waals surface area (Å²) in [4.78, 5) is 14.3. The number of carbonyl (C=O) groups excluding carboxylic acids is 1. The van der Waals surface area contributed by atoms with E-state index in [1.165, 1.54) is 12.8 Å². The Morgan fingerprint density at radius 2 is 2.17 bits per heavy atom. The quantitative estimate of drug-likeness (QED) is 0.764. The standard InChI is InChI=1S/C14H28N2O2/c1-6-18-12(17)14(5,15)10-11(2)16-9-7-8-13(16,3)4/h11H,6-10,15H2,1-5H3. The van der Waals surface area contributed by atoms with E-state index in [2.05, 4.69) is 25.7 Å². The average Bonchev–Trinajstić information content (AvgIpc) is 2.57. The Morgan fingerprint density at radius 1 is 1.56 bits per heavy atom. The first-order chi connectivity index (χ1) is 8.20. The minimum Gasteiger partial charge on any atom is -0.465 e. The fourth-order valence-electron chi connectivity index (χ4n) is 3.05. The molecule has 0 bridgehead atoms. The molecule has 0 aromatic carbocycles. The van der Waals surface area contributed by atoms with E-state index in [9.17, 15) is 4.79 Å². The number of hydrogen-bond donors (Lipinski definition) is 1. The molecule has 1 aliphatic heterocycles. The van der Waals surface area contributed by atoms with Crippen LogP contribution in [0, 0.1) is 0 Å². The van der Waals surface area contributed by atoms with Crippen LogP contribution < -0.4 is 5.73 Å². The molecule has 0 saturated carbocycles. The summed E-state index contributed by atoms with van der Waals surface area (Å²) in [7, 11) is 0. The predicted molar refractivity (Wildman–Crippen MR) is 73.3 cm³/mol. The van der Waals surface area contributed by atoms with Gasteiger partial charge in [-0.3, -0.25) is 9.69 Å². The number of hydrogen-bond acceptors (Lipinski definition) is 4. The summed E-state index contributed by atoms with van der Waals surface area (Å²) in [5.74, 6) is -0.297. The summed E-state index contributed by atoms with van der Waals surface area (Å²) in [6.45, 7) is 11.7. The van der Waals surface area contributed by atoms with Crippen molar-refractivity contribution >= 4 is 5.97 Å². The second kappa shape index (κ2) is 5.57. The number of carbonyl (C=O) groups is 1. The van der Waals surface area contributed by atoms with Crippen LogP contribution in [-0.2, 0) is 9.53 Å². The lowest BCUT2D eigenvalue weighted by molar-refractivity contribution is -0.149. The van der Waals surface area contributed by atoms with E-state index in [1.54, 1.807) is 13.8 Å². The number of rotatable bonds is 5. The van der Waals surface area contributed by atoms with Crippen molar-refractivity contribution in [2.45, 2.75) is 71.0 Å². The summed E-state index contributed by atoms with van der Waals surface area (Å²) in [6.07, 6.45) is 3.06. The van der Waals surface area contributed by atoms with E-state index in [0.717, 1.165) is 6.54 Å². The molecule has 4 nitrogen and oxygen atoms in total. The third kappa shape index (κ3) is 3.45. The molecule has 0 amide bonds. The molecule has 0 aromatic heterocycles. The molecule has 1 fully saturated rings. The number of likely N-dealkylation sites (tertiary alicyclic amines) is 1. The molecule has 1 rings (SSSR count). The summed E-state index contributed by atoms with van der Waals surface area (Å²) in [5, 5.41) is 0. The molecule has 2 N–H and O–H groups in total. The van der Waals surface area contributed by atoms with Crippen LogP contribution in [0.2, 0.25) is 0 Å². The van der Waals surface area contributed by atoms with Gasteiger partial charge in [-0.05, 0) is 60.4 Å². The largest absolute Gasteiger partial charge is 0.465 e.